The van der Waals surface area contributed by atoms with Gasteiger partial charge in [0.25, 0.3) is 5.91 Å². The predicted octanol–water partition coefficient (Wildman–Crippen LogP) is 3.16. The highest BCUT2D eigenvalue weighted by molar-refractivity contribution is 5.95. The van der Waals surface area contributed by atoms with Crippen molar-refractivity contribution >= 4 is 11.9 Å². The first-order valence-electron chi connectivity index (χ1n) is 7.71. The monoisotopic (exact) mass is 291 g/mol. The van der Waals surface area contributed by atoms with Crippen LogP contribution in [0.25, 0.3) is 0 Å². The smallest absolute Gasteiger partial charge is 0.338 e. The van der Waals surface area contributed by atoms with E-state index in [1.807, 2.05) is 0 Å². The van der Waals surface area contributed by atoms with Crippen molar-refractivity contribution in [3.63, 3.8) is 0 Å². The first-order chi connectivity index (χ1) is 10.1. The lowest BCUT2D eigenvalue weighted by Crippen LogP contribution is -2.43. The molecule has 0 unspecified atom stereocenters. The number of likely N-dealkylation sites (tertiary alicyclic amines) is 1. The average molecular weight is 291 g/mol. The minimum Gasteiger partial charge on any atom is -0.478 e. The molecule has 1 saturated carbocycles. The van der Waals surface area contributed by atoms with E-state index in [-0.39, 0.29) is 17.2 Å². The molecular weight excluding hydrogens is 270 g/mol. The zero-order valence-electron chi connectivity index (χ0n) is 12.1. The molecule has 0 radical (unpaired) electrons. The van der Waals surface area contributed by atoms with E-state index in [1.165, 1.54) is 38.2 Å². The SMILES string of the molecule is O=C(O)c1coc(C(=O)N2CCC3(CCCCC3)CC2)c1. The van der Waals surface area contributed by atoms with Gasteiger partial charge in [0.15, 0.2) is 5.76 Å². The molecule has 3 rings (SSSR count). The van der Waals surface area contributed by atoms with Crippen LogP contribution in [-0.4, -0.2) is 35.0 Å². The van der Waals surface area contributed by atoms with E-state index in [0.717, 1.165) is 32.2 Å². The topological polar surface area (TPSA) is 70.7 Å². The molecule has 2 heterocycles. The second-order valence-corrected chi connectivity index (χ2v) is 6.36. The van der Waals surface area contributed by atoms with Gasteiger partial charge in [0.05, 0.1) is 5.56 Å². The number of furan rings is 1. The summed E-state index contributed by atoms with van der Waals surface area (Å²) < 4.78 is 5.11. The molecule has 1 amide bonds. The van der Waals surface area contributed by atoms with Crippen LogP contribution in [-0.2, 0) is 0 Å². The van der Waals surface area contributed by atoms with Gasteiger partial charge >= 0.3 is 5.97 Å². The van der Waals surface area contributed by atoms with Crippen molar-refractivity contribution in [2.75, 3.05) is 13.1 Å². The van der Waals surface area contributed by atoms with Crippen LogP contribution in [0.2, 0.25) is 0 Å². The van der Waals surface area contributed by atoms with Crippen molar-refractivity contribution < 1.29 is 19.1 Å². The molecule has 0 atom stereocenters. The van der Waals surface area contributed by atoms with Gasteiger partial charge < -0.3 is 14.4 Å². The minimum absolute atomic E-state index is 0.0270. The quantitative estimate of drug-likeness (QED) is 0.908. The molecule has 2 fully saturated rings. The Bertz CT molecular complexity index is 532. The molecule has 21 heavy (non-hydrogen) atoms. The van der Waals surface area contributed by atoms with Crippen LogP contribution < -0.4 is 0 Å². The summed E-state index contributed by atoms with van der Waals surface area (Å²) in [5.41, 5.74) is 0.476. The van der Waals surface area contributed by atoms with Crippen LogP contribution in [0, 0.1) is 5.41 Å². The highest BCUT2D eigenvalue weighted by atomic mass is 16.4. The number of aromatic carboxylic acids is 1. The van der Waals surface area contributed by atoms with E-state index in [4.69, 9.17) is 9.52 Å². The molecule has 1 aromatic rings. The number of hydrogen-bond acceptors (Lipinski definition) is 3. The molecule has 5 nitrogen and oxygen atoms in total. The maximum absolute atomic E-state index is 12.3. The van der Waals surface area contributed by atoms with Gasteiger partial charge in [0.2, 0.25) is 0 Å². The summed E-state index contributed by atoms with van der Waals surface area (Å²) in [4.78, 5) is 25.0. The maximum Gasteiger partial charge on any atom is 0.338 e. The number of carboxylic acid groups (broad SMARTS) is 1. The fourth-order valence-electron chi connectivity index (χ4n) is 3.70. The van der Waals surface area contributed by atoms with Crippen LogP contribution in [0.15, 0.2) is 16.7 Å². The second-order valence-electron chi connectivity index (χ2n) is 6.36. The van der Waals surface area contributed by atoms with E-state index in [0.29, 0.717) is 5.41 Å². The van der Waals surface area contributed by atoms with Gasteiger partial charge in [0, 0.05) is 19.2 Å². The van der Waals surface area contributed by atoms with Crippen LogP contribution in [0.1, 0.15) is 65.9 Å². The highest BCUT2D eigenvalue weighted by Gasteiger charge is 2.37. The van der Waals surface area contributed by atoms with E-state index >= 15 is 0 Å². The summed E-state index contributed by atoms with van der Waals surface area (Å²) in [5.74, 6) is -1.13. The molecule has 1 spiro atoms. The minimum atomic E-state index is -1.07. The van der Waals surface area contributed by atoms with Crippen LogP contribution in [0.4, 0.5) is 0 Å². The number of nitrogens with zero attached hydrogens (tertiary/aromatic N) is 1. The van der Waals surface area contributed by atoms with Gasteiger partial charge in [-0.25, -0.2) is 4.79 Å². The summed E-state index contributed by atoms with van der Waals surface area (Å²) in [5, 5.41) is 8.87. The number of piperidine rings is 1. The lowest BCUT2D eigenvalue weighted by atomic mass is 9.68. The van der Waals surface area contributed by atoms with E-state index in [9.17, 15) is 9.59 Å². The number of rotatable bonds is 2. The van der Waals surface area contributed by atoms with E-state index < -0.39 is 5.97 Å². The van der Waals surface area contributed by atoms with Crippen molar-refractivity contribution in [3.05, 3.63) is 23.7 Å². The largest absolute Gasteiger partial charge is 0.478 e. The zero-order chi connectivity index (χ0) is 14.9. The highest BCUT2D eigenvalue weighted by Crippen LogP contribution is 2.44. The van der Waals surface area contributed by atoms with Crippen LogP contribution in [0.3, 0.4) is 0 Å². The number of carbonyl (C=O) groups is 2. The fourth-order valence-corrected chi connectivity index (χ4v) is 3.70. The number of carboxylic acids is 1. The Hall–Kier alpha value is -1.78. The number of hydrogen-bond donors (Lipinski definition) is 1. The summed E-state index contributed by atoms with van der Waals surface area (Å²) in [7, 11) is 0. The Labute approximate surface area is 123 Å². The summed E-state index contributed by atoms with van der Waals surface area (Å²) in [6, 6.07) is 1.32. The second kappa shape index (κ2) is 5.54. The Balaban J connectivity index is 1.63. The average Bonchev–Trinajstić information content (AvgIpc) is 2.98. The molecule has 1 saturated heterocycles. The molecule has 0 bridgehead atoms. The standard InChI is InChI=1S/C16H21NO4/c18-14(13-10-12(11-21-13)15(19)20)17-8-6-16(7-9-17)4-2-1-3-5-16/h10-11H,1-9H2,(H,19,20). The first kappa shape index (κ1) is 14.2. The van der Waals surface area contributed by atoms with E-state index in [2.05, 4.69) is 0 Å². The van der Waals surface area contributed by atoms with Gasteiger partial charge in [-0.05, 0) is 31.1 Å². The molecule has 1 N–H and O–H groups in total. The summed E-state index contributed by atoms with van der Waals surface area (Å²) >= 11 is 0. The van der Waals surface area contributed by atoms with Gasteiger partial charge in [0.1, 0.15) is 6.26 Å². The fraction of sp³-hybridized carbons (Fsp3) is 0.625. The van der Waals surface area contributed by atoms with Crippen molar-refractivity contribution in [1.82, 2.24) is 4.90 Å². The van der Waals surface area contributed by atoms with Crippen LogP contribution in [0.5, 0.6) is 0 Å². The van der Waals surface area contributed by atoms with Crippen molar-refractivity contribution in [3.8, 4) is 0 Å². The third-order valence-corrected chi connectivity index (χ3v) is 5.08. The Kier molecular flexibility index (Phi) is 3.74. The lowest BCUT2D eigenvalue weighted by molar-refractivity contribution is 0.0447. The Morgan fingerprint density at radius 1 is 1.10 bits per heavy atom. The molecule has 114 valence electrons. The number of amides is 1. The molecular formula is C16H21NO4. The summed E-state index contributed by atoms with van der Waals surface area (Å²) in [6.45, 7) is 1.50. The molecule has 1 aliphatic heterocycles. The molecule has 1 aromatic heterocycles. The zero-order valence-corrected chi connectivity index (χ0v) is 12.1. The number of carbonyl (C=O) groups excluding carboxylic acids is 1. The third kappa shape index (κ3) is 2.82. The van der Waals surface area contributed by atoms with E-state index in [1.54, 1.807) is 4.90 Å². The predicted molar refractivity (Wildman–Crippen MR) is 76.3 cm³/mol. The molecule has 1 aliphatic carbocycles. The molecule has 2 aliphatic rings. The van der Waals surface area contributed by atoms with Crippen molar-refractivity contribution in [1.29, 1.82) is 0 Å². The normalized spacial score (nSPS) is 21.4. The van der Waals surface area contributed by atoms with Crippen molar-refractivity contribution in [2.24, 2.45) is 5.41 Å². The Morgan fingerprint density at radius 2 is 1.76 bits per heavy atom. The Morgan fingerprint density at radius 3 is 2.33 bits per heavy atom. The van der Waals surface area contributed by atoms with Gasteiger partial charge in [-0.15, -0.1) is 0 Å². The lowest BCUT2D eigenvalue weighted by Gasteiger charge is -2.44. The summed E-state index contributed by atoms with van der Waals surface area (Å²) in [6.07, 6.45) is 9.80. The molecule has 5 heteroatoms. The maximum atomic E-state index is 12.3. The third-order valence-electron chi connectivity index (χ3n) is 5.08. The van der Waals surface area contributed by atoms with Crippen molar-refractivity contribution in [2.45, 2.75) is 44.9 Å². The van der Waals surface area contributed by atoms with Gasteiger partial charge in [-0.3, -0.25) is 4.79 Å². The van der Waals surface area contributed by atoms with Crippen LogP contribution >= 0.6 is 0 Å². The first-order valence-corrected chi connectivity index (χ1v) is 7.71. The molecule has 0 aromatic carbocycles. The van der Waals surface area contributed by atoms with Gasteiger partial charge in [-0.1, -0.05) is 19.3 Å². The van der Waals surface area contributed by atoms with Gasteiger partial charge in [-0.2, -0.15) is 0 Å².